The third-order valence-corrected chi connectivity index (χ3v) is 3.56. The minimum atomic E-state index is -0.293. The number of anilines is 2. The smallest absolute Gasteiger partial charge is 0.319 e. The fourth-order valence-electron chi connectivity index (χ4n) is 2.54. The molecule has 1 saturated heterocycles. The van der Waals surface area contributed by atoms with Gasteiger partial charge in [-0.25, -0.2) is 4.79 Å². The molecule has 112 valence electrons. The van der Waals surface area contributed by atoms with Crippen molar-refractivity contribution >= 4 is 23.3 Å². The summed E-state index contributed by atoms with van der Waals surface area (Å²) in [5.74, 6) is 0.0243. The molecule has 2 N–H and O–H groups in total. The van der Waals surface area contributed by atoms with E-state index in [1.54, 1.807) is 4.90 Å². The van der Waals surface area contributed by atoms with Crippen molar-refractivity contribution in [2.24, 2.45) is 0 Å². The molecule has 3 amide bonds. The van der Waals surface area contributed by atoms with Crippen LogP contribution >= 0.6 is 0 Å². The Labute approximate surface area is 128 Å². The molecule has 5 heteroatoms. The van der Waals surface area contributed by atoms with Gasteiger partial charge in [0.15, 0.2) is 0 Å². The zero-order valence-electron chi connectivity index (χ0n) is 12.0. The Morgan fingerprint density at radius 3 is 2.32 bits per heavy atom. The molecule has 0 radical (unpaired) electrons. The van der Waals surface area contributed by atoms with E-state index in [4.69, 9.17) is 0 Å². The van der Waals surface area contributed by atoms with Gasteiger partial charge in [-0.2, -0.15) is 0 Å². The zero-order chi connectivity index (χ0) is 15.4. The molecule has 0 unspecified atom stereocenters. The highest BCUT2D eigenvalue weighted by molar-refractivity contribution is 5.97. The van der Waals surface area contributed by atoms with Gasteiger partial charge >= 0.3 is 6.03 Å². The molecule has 3 rings (SSSR count). The van der Waals surface area contributed by atoms with Crippen LogP contribution in [0, 0.1) is 0 Å². The van der Waals surface area contributed by atoms with E-state index in [-0.39, 0.29) is 18.0 Å². The van der Waals surface area contributed by atoms with Crippen molar-refractivity contribution < 1.29 is 9.59 Å². The Morgan fingerprint density at radius 2 is 1.64 bits per heavy atom. The summed E-state index contributed by atoms with van der Waals surface area (Å²) in [4.78, 5) is 25.7. The standard InChI is InChI=1S/C17H17N3O2/c21-16-11-14(12-20(16)15-9-5-2-6-10-15)19-17(22)18-13-7-3-1-4-8-13/h1-10,14H,11-12H2,(H2,18,19,22)/t14-/m1/s1. The summed E-state index contributed by atoms with van der Waals surface area (Å²) in [6, 6.07) is 18.2. The lowest BCUT2D eigenvalue weighted by atomic mass is 10.2. The predicted octanol–water partition coefficient (Wildman–Crippen LogP) is 2.61. The highest BCUT2D eigenvalue weighted by Gasteiger charge is 2.31. The van der Waals surface area contributed by atoms with Crippen molar-refractivity contribution in [3.05, 3.63) is 60.7 Å². The summed E-state index contributed by atoms with van der Waals surface area (Å²) in [6.45, 7) is 0.491. The predicted molar refractivity (Wildman–Crippen MR) is 85.8 cm³/mol. The van der Waals surface area contributed by atoms with E-state index in [0.29, 0.717) is 13.0 Å². The molecule has 0 spiro atoms. The second-order valence-corrected chi connectivity index (χ2v) is 5.21. The normalized spacial score (nSPS) is 17.4. The van der Waals surface area contributed by atoms with Crippen molar-refractivity contribution in [1.82, 2.24) is 5.32 Å². The number of carbonyl (C=O) groups is 2. The van der Waals surface area contributed by atoms with Crippen LogP contribution in [0.4, 0.5) is 16.2 Å². The monoisotopic (exact) mass is 295 g/mol. The van der Waals surface area contributed by atoms with Gasteiger partial charge in [0.2, 0.25) is 5.91 Å². The third kappa shape index (κ3) is 3.25. The summed E-state index contributed by atoms with van der Waals surface area (Å²) in [5, 5.41) is 5.60. The molecule has 1 atom stereocenters. The molecule has 2 aromatic carbocycles. The number of nitrogens with zero attached hydrogens (tertiary/aromatic N) is 1. The van der Waals surface area contributed by atoms with Gasteiger partial charge in [-0.3, -0.25) is 4.79 Å². The average Bonchev–Trinajstić information content (AvgIpc) is 2.89. The van der Waals surface area contributed by atoms with Crippen LogP contribution in [0.2, 0.25) is 0 Å². The number of benzene rings is 2. The molecule has 1 aliphatic rings. The second-order valence-electron chi connectivity index (χ2n) is 5.21. The molecule has 0 aromatic heterocycles. The van der Waals surface area contributed by atoms with Crippen molar-refractivity contribution in [1.29, 1.82) is 0 Å². The number of carbonyl (C=O) groups excluding carboxylic acids is 2. The number of hydrogen-bond acceptors (Lipinski definition) is 2. The van der Waals surface area contributed by atoms with Gasteiger partial charge < -0.3 is 15.5 Å². The van der Waals surface area contributed by atoms with E-state index in [1.165, 1.54) is 0 Å². The first kappa shape index (κ1) is 14.1. The Hall–Kier alpha value is -2.82. The van der Waals surface area contributed by atoms with Gasteiger partial charge in [0.25, 0.3) is 0 Å². The molecular weight excluding hydrogens is 278 g/mol. The van der Waals surface area contributed by atoms with E-state index in [1.807, 2.05) is 60.7 Å². The molecule has 0 saturated carbocycles. The molecule has 2 aromatic rings. The molecule has 1 heterocycles. The number of rotatable bonds is 3. The van der Waals surface area contributed by atoms with E-state index < -0.39 is 0 Å². The van der Waals surface area contributed by atoms with Crippen molar-refractivity contribution in [2.75, 3.05) is 16.8 Å². The molecular formula is C17H17N3O2. The Bertz CT molecular complexity index is 658. The summed E-state index contributed by atoms with van der Waals surface area (Å²) >= 11 is 0. The SMILES string of the molecule is O=C(Nc1ccccc1)N[C@@H]1CC(=O)N(c2ccccc2)C1. The molecule has 0 aliphatic carbocycles. The van der Waals surface area contributed by atoms with Crippen LogP contribution in [-0.4, -0.2) is 24.5 Å². The molecule has 5 nitrogen and oxygen atoms in total. The van der Waals surface area contributed by atoms with Crippen LogP contribution in [-0.2, 0) is 4.79 Å². The van der Waals surface area contributed by atoms with E-state index in [0.717, 1.165) is 11.4 Å². The van der Waals surface area contributed by atoms with Crippen LogP contribution in [0.1, 0.15) is 6.42 Å². The van der Waals surface area contributed by atoms with Crippen LogP contribution in [0.5, 0.6) is 0 Å². The molecule has 1 fully saturated rings. The highest BCUT2D eigenvalue weighted by atomic mass is 16.2. The van der Waals surface area contributed by atoms with Crippen LogP contribution in [0.25, 0.3) is 0 Å². The topological polar surface area (TPSA) is 61.4 Å². The Morgan fingerprint density at radius 1 is 1.00 bits per heavy atom. The van der Waals surface area contributed by atoms with E-state index >= 15 is 0 Å². The van der Waals surface area contributed by atoms with Gasteiger partial charge in [0.1, 0.15) is 0 Å². The lowest BCUT2D eigenvalue weighted by Gasteiger charge is -2.17. The van der Waals surface area contributed by atoms with Crippen molar-refractivity contribution in [3.63, 3.8) is 0 Å². The van der Waals surface area contributed by atoms with Gasteiger partial charge in [-0.05, 0) is 24.3 Å². The second kappa shape index (κ2) is 6.30. The maximum atomic E-state index is 12.1. The number of para-hydroxylation sites is 2. The van der Waals surface area contributed by atoms with Crippen molar-refractivity contribution in [3.8, 4) is 0 Å². The maximum absolute atomic E-state index is 12.1. The molecule has 1 aliphatic heterocycles. The number of hydrogen-bond donors (Lipinski definition) is 2. The van der Waals surface area contributed by atoms with Crippen LogP contribution in [0.3, 0.4) is 0 Å². The zero-order valence-corrected chi connectivity index (χ0v) is 12.0. The largest absolute Gasteiger partial charge is 0.333 e. The van der Waals surface area contributed by atoms with Crippen LogP contribution in [0.15, 0.2) is 60.7 Å². The summed E-state index contributed by atoms with van der Waals surface area (Å²) in [6.07, 6.45) is 0.317. The molecule has 22 heavy (non-hydrogen) atoms. The third-order valence-electron chi connectivity index (χ3n) is 3.56. The lowest BCUT2D eigenvalue weighted by Crippen LogP contribution is -2.39. The number of urea groups is 1. The quantitative estimate of drug-likeness (QED) is 0.914. The lowest BCUT2D eigenvalue weighted by molar-refractivity contribution is -0.117. The minimum Gasteiger partial charge on any atom is -0.333 e. The first-order valence-corrected chi connectivity index (χ1v) is 7.20. The van der Waals surface area contributed by atoms with Crippen LogP contribution < -0.4 is 15.5 Å². The Kier molecular flexibility index (Phi) is 4.05. The van der Waals surface area contributed by atoms with E-state index in [2.05, 4.69) is 10.6 Å². The minimum absolute atomic E-state index is 0.0243. The summed E-state index contributed by atoms with van der Waals surface area (Å²) < 4.78 is 0. The summed E-state index contributed by atoms with van der Waals surface area (Å²) in [5.41, 5.74) is 1.59. The first-order valence-electron chi connectivity index (χ1n) is 7.20. The van der Waals surface area contributed by atoms with Crippen molar-refractivity contribution in [2.45, 2.75) is 12.5 Å². The van der Waals surface area contributed by atoms with Gasteiger partial charge in [-0.15, -0.1) is 0 Å². The van der Waals surface area contributed by atoms with E-state index in [9.17, 15) is 9.59 Å². The maximum Gasteiger partial charge on any atom is 0.319 e. The fraction of sp³-hybridized carbons (Fsp3) is 0.176. The summed E-state index contributed by atoms with van der Waals surface area (Å²) in [7, 11) is 0. The fourth-order valence-corrected chi connectivity index (χ4v) is 2.54. The Balaban J connectivity index is 1.58. The van der Waals surface area contributed by atoms with Gasteiger partial charge in [-0.1, -0.05) is 36.4 Å². The number of nitrogens with one attached hydrogen (secondary N) is 2. The van der Waals surface area contributed by atoms with Gasteiger partial charge in [0, 0.05) is 24.3 Å². The number of amides is 3. The van der Waals surface area contributed by atoms with Gasteiger partial charge in [0.05, 0.1) is 6.04 Å². The highest BCUT2D eigenvalue weighted by Crippen LogP contribution is 2.21. The first-order chi connectivity index (χ1) is 10.7. The molecule has 0 bridgehead atoms. The average molecular weight is 295 g/mol.